The molecule has 2 amide bonds. The second kappa shape index (κ2) is 9.27. The summed E-state index contributed by atoms with van der Waals surface area (Å²) in [6, 6.07) is 7.31. The van der Waals surface area contributed by atoms with Gasteiger partial charge in [0, 0.05) is 6.54 Å². The molecule has 1 aromatic carbocycles. The molecule has 1 aliphatic rings. The molecule has 1 unspecified atom stereocenters. The van der Waals surface area contributed by atoms with Crippen molar-refractivity contribution < 1.29 is 14.3 Å². The molecule has 0 aromatic heterocycles. The zero-order chi connectivity index (χ0) is 15.1. The third-order valence-corrected chi connectivity index (χ3v) is 3.45. The second-order valence-corrected chi connectivity index (χ2v) is 4.99. The van der Waals surface area contributed by atoms with Gasteiger partial charge >= 0.3 is 0 Å². The number of carbonyl (C=O) groups excluding carboxylic acids is 2. The molecule has 0 aliphatic carbocycles. The summed E-state index contributed by atoms with van der Waals surface area (Å²) in [5, 5.41) is 8.51. The Morgan fingerprint density at radius 3 is 2.59 bits per heavy atom. The fraction of sp³-hybridized carbons (Fsp3) is 0.467. The Labute approximate surface area is 136 Å². The van der Waals surface area contributed by atoms with E-state index in [1.54, 1.807) is 7.11 Å². The van der Waals surface area contributed by atoms with Crippen molar-refractivity contribution in [3.05, 3.63) is 29.8 Å². The third-order valence-electron chi connectivity index (χ3n) is 3.45. The summed E-state index contributed by atoms with van der Waals surface area (Å²) in [6.45, 7) is 1.30. The summed E-state index contributed by atoms with van der Waals surface area (Å²) in [4.78, 5) is 23.4. The van der Waals surface area contributed by atoms with Gasteiger partial charge in [-0.3, -0.25) is 9.59 Å². The van der Waals surface area contributed by atoms with Crippen molar-refractivity contribution in [3.63, 3.8) is 0 Å². The summed E-state index contributed by atoms with van der Waals surface area (Å²) in [5.41, 5.74) is 0.980. The van der Waals surface area contributed by atoms with Crippen molar-refractivity contribution >= 4 is 24.2 Å². The Bertz CT molecular complexity index is 487. The van der Waals surface area contributed by atoms with Gasteiger partial charge in [-0.2, -0.15) is 0 Å². The number of hydrogen-bond acceptors (Lipinski definition) is 4. The summed E-state index contributed by atoms with van der Waals surface area (Å²) in [7, 11) is 1.61. The van der Waals surface area contributed by atoms with Crippen LogP contribution in [0.25, 0.3) is 0 Å². The van der Waals surface area contributed by atoms with E-state index in [0.29, 0.717) is 6.54 Å². The molecule has 1 heterocycles. The largest absolute Gasteiger partial charge is 0.497 e. The maximum atomic E-state index is 11.7. The van der Waals surface area contributed by atoms with Crippen LogP contribution in [0, 0.1) is 0 Å². The lowest BCUT2D eigenvalue weighted by molar-refractivity contribution is -0.127. The molecule has 1 aliphatic heterocycles. The molecule has 1 saturated heterocycles. The Morgan fingerprint density at radius 2 is 2.00 bits per heavy atom. The fourth-order valence-electron chi connectivity index (χ4n) is 2.21. The van der Waals surface area contributed by atoms with Crippen molar-refractivity contribution in [3.8, 4) is 5.75 Å². The monoisotopic (exact) mass is 327 g/mol. The van der Waals surface area contributed by atoms with Crippen molar-refractivity contribution in [1.29, 1.82) is 0 Å². The molecule has 1 atom stereocenters. The normalized spacial score (nSPS) is 16.5. The van der Waals surface area contributed by atoms with E-state index in [9.17, 15) is 9.59 Å². The average molecular weight is 328 g/mol. The molecule has 0 spiro atoms. The van der Waals surface area contributed by atoms with Gasteiger partial charge in [-0.05, 0) is 37.1 Å². The predicted molar refractivity (Wildman–Crippen MR) is 86.1 cm³/mol. The highest BCUT2D eigenvalue weighted by Crippen LogP contribution is 2.10. The maximum absolute atomic E-state index is 11.7. The molecule has 1 fully saturated rings. The standard InChI is InChI=1S/C15H21N3O3.ClH/c1-21-12-6-4-11(5-7-12)9-17-14(19)10-18-15(20)13-3-2-8-16-13;/h4-7,13,16H,2-3,8-10H2,1H3,(H,17,19)(H,18,20);1H. The Morgan fingerprint density at radius 1 is 1.27 bits per heavy atom. The Kier molecular flexibility index (Phi) is 7.70. The number of benzene rings is 1. The Balaban J connectivity index is 0.00000242. The molecule has 3 N–H and O–H groups in total. The number of methoxy groups -OCH3 is 1. The molecule has 122 valence electrons. The summed E-state index contributed by atoms with van der Waals surface area (Å²) < 4.78 is 5.07. The van der Waals surface area contributed by atoms with Gasteiger partial charge in [0.1, 0.15) is 5.75 Å². The first-order valence-electron chi connectivity index (χ1n) is 7.10. The fourth-order valence-corrected chi connectivity index (χ4v) is 2.21. The van der Waals surface area contributed by atoms with Crippen LogP contribution in [-0.4, -0.2) is 38.1 Å². The van der Waals surface area contributed by atoms with E-state index < -0.39 is 0 Å². The minimum atomic E-state index is -0.197. The van der Waals surface area contributed by atoms with E-state index in [4.69, 9.17) is 4.74 Å². The van der Waals surface area contributed by atoms with Crippen LogP contribution in [0.1, 0.15) is 18.4 Å². The van der Waals surface area contributed by atoms with E-state index in [-0.39, 0.29) is 36.8 Å². The highest BCUT2D eigenvalue weighted by atomic mass is 35.5. The maximum Gasteiger partial charge on any atom is 0.239 e. The average Bonchev–Trinajstić information content (AvgIpc) is 3.05. The van der Waals surface area contributed by atoms with Crippen LogP contribution in [0.2, 0.25) is 0 Å². The molecule has 0 bridgehead atoms. The molecular formula is C15H22ClN3O3. The van der Waals surface area contributed by atoms with Gasteiger partial charge < -0.3 is 20.7 Å². The summed E-state index contributed by atoms with van der Waals surface area (Å²) in [5.74, 6) is 0.477. The predicted octanol–water partition coefficient (Wildman–Crippen LogP) is 0.601. The molecule has 1 aromatic rings. The Hall–Kier alpha value is -1.79. The lowest BCUT2D eigenvalue weighted by Gasteiger charge is -2.11. The van der Waals surface area contributed by atoms with Crippen molar-refractivity contribution in [2.24, 2.45) is 0 Å². The highest BCUT2D eigenvalue weighted by molar-refractivity contribution is 5.87. The van der Waals surface area contributed by atoms with Gasteiger partial charge in [0.2, 0.25) is 11.8 Å². The number of hydrogen-bond donors (Lipinski definition) is 3. The summed E-state index contributed by atoms with van der Waals surface area (Å²) in [6.07, 6.45) is 1.83. The molecule has 0 radical (unpaired) electrons. The highest BCUT2D eigenvalue weighted by Gasteiger charge is 2.21. The quantitative estimate of drug-likeness (QED) is 0.715. The van der Waals surface area contributed by atoms with Gasteiger partial charge in [0.15, 0.2) is 0 Å². The molecule has 7 heteroatoms. The van der Waals surface area contributed by atoms with Crippen molar-refractivity contribution in [2.45, 2.75) is 25.4 Å². The first kappa shape index (κ1) is 18.3. The van der Waals surface area contributed by atoms with E-state index in [1.807, 2.05) is 24.3 Å². The van der Waals surface area contributed by atoms with Crippen LogP contribution >= 0.6 is 12.4 Å². The van der Waals surface area contributed by atoms with Gasteiger partial charge in [0.05, 0.1) is 19.7 Å². The molecule has 0 saturated carbocycles. The number of halogens is 1. The van der Waals surface area contributed by atoms with Gasteiger partial charge in [-0.25, -0.2) is 0 Å². The minimum absolute atomic E-state index is 0. The van der Waals surface area contributed by atoms with Crippen LogP contribution in [0.15, 0.2) is 24.3 Å². The topological polar surface area (TPSA) is 79.5 Å². The number of ether oxygens (including phenoxy) is 1. The minimum Gasteiger partial charge on any atom is -0.497 e. The van der Waals surface area contributed by atoms with Crippen molar-refractivity contribution in [2.75, 3.05) is 20.2 Å². The van der Waals surface area contributed by atoms with Gasteiger partial charge in [-0.15, -0.1) is 12.4 Å². The molecular weight excluding hydrogens is 306 g/mol. The SMILES string of the molecule is COc1ccc(CNC(=O)CNC(=O)C2CCCN2)cc1.Cl. The van der Waals surface area contributed by atoms with E-state index in [2.05, 4.69) is 16.0 Å². The van der Waals surface area contributed by atoms with Crippen LogP contribution in [0.5, 0.6) is 5.75 Å². The van der Waals surface area contributed by atoms with Crippen molar-refractivity contribution in [1.82, 2.24) is 16.0 Å². The smallest absolute Gasteiger partial charge is 0.239 e. The van der Waals surface area contributed by atoms with Crippen LogP contribution in [-0.2, 0) is 16.1 Å². The molecule has 2 rings (SSSR count). The number of amides is 2. The zero-order valence-electron chi connectivity index (χ0n) is 12.6. The van der Waals surface area contributed by atoms with Gasteiger partial charge in [0.25, 0.3) is 0 Å². The molecule has 22 heavy (non-hydrogen) atoms. The van der Waals surface area contributed by atoms with E-state index in [1.165, 1.54) is 0 Å². The van der Waals surface area contributed by atoms with Crippen LogP contribution in [0.4, 0.5) is 0 Å². The summed E-state index contributed by atoms with van der Waals surface area (Å²) >= 11 is 0. The van der Waals surface area contributed by atoms with Gasteiger partial charge in [-0.1, -0.05) is 12.1 Å². The lowest BCUT2D eigenvalue weighted by atomic mass is 10.2. The molecule has 6 nitrogen and oxygen atoms in total. The number of nitrogens with one attached hydrogen (secondary N) is 3. The first-order chi connectivity index (χ1) is 10.2. The lowest BCUT2D eigenvalue weighted by Crippen LogP contribution is -2.44. The van der Waals surface area contributed by atoms with Crippen LogP contribution < -0.4 is 20.7 Å². The third kappa shape index (κ3) is 5.54. The van der Waals surface area contributed by atoms with E-state index in [0.717, 1.165) is 30.7 Å². The van der Waals surface area contributed by atoms with E-state index >= 15 is 0 Å². The zero-order valence-corrected chi connectivity index (χ0v) is 13.4. The van der Waals surface area contributed by atoms with Crippen LogP contribution in [0.3, 0.4) is 0 Å². The first-order valence-corrected chi connectivity index (χ1v) is 7.10. The number of rotatable bonds is 6. The second-order valence-electron chi connectivity index (χ2n) is 4.99. The number of carbonyl (C=O) groups is 2.